The summed E-state index contributed by atoms with van der Waals surface area (Å²) in [5, 5.41) is 0. The third-order valence-electron chi connectivity index (χ3n) is 3.88. The maximum Gasteiger partial charge on any atom is 0.460 e. The van der Waals surface area contributed by atoms with Crippen LogP contribution in [0.5, 0.6) is 11.5 Å². The monoisotopic (exact) mass is 346 g/mol. The van der Waals surface area contributed by atoms with Crippen molar-refractivity contribution < 1.29 is 13.9 Å². The summed E-state index contributed by atoms with van der Waals surface area (Å²) in [7, 11) is -1.98. The largest absolute Gasteiger partial charge is 0.460 e. The molecule has 24 heavy (non-hydrogen) atoms. The molecular weight excluding hydrogens is 319 g/mol. The Balaban J connectivity index is 1.82. The molecule has 1 atom stereocenters. The SMILES string of the molecule is CCCCCCCCc1ccccc1OP(O)Oc1ccccc1. The van der Waals surface area contributed by atoms with Crippen molar-refractivity contribution in [2.24, 2.45) is 0 Å². The van der Waals surface area contributed by atoms with Crippen LogP contribution in [0.3, 0.4) is 0 Å². The molecular formula is C20H27O3P. The second-order valence-corrected chi connectivity index (χ2v) is 6.70. The lowest BCUT2D eigenvalue weighted by Crippen LogP contribution is -1.97. The Hall–Kier alpha value is -1.57. The zero-order valence-corrected chi connectivity index (χ0v) is 15.3. The summed E-state index contributed by atoms with van der Waals surface area (Å²) in [5.74, 6) is 1.33. The van der Waals surface area contributed by atoms with E-state index in [0.717, 1.165) is 24.2 Å². The summed E-state index contributed by atoms with van der Waals surface area (Å²) in [5.41, 5.74) is 1.13. The Morgan fingerprint density at radius 2 is 1.46 bits per heavy atom. The van der Waals surface area contributed by atoms with Crippen LogP contribution >= 0.6 is 8.60 Å². The highest BCUT2D eigenvalue weighted by molar-refractivity contribution is 7.41. The Morgan fingerprint density at radius 1 is 0.792 bits per heavy atom. The molecule has 2 rings (SSSR count). The summed E-state index contributed by atoms with van der Waals surface area (Å²) < 4.78 is 11.1. The Kier molecular flexibility index (Phi) is 8.65. The molecule has 0 aliphatic heterocycles. The van der Waals surface area contributed by atoms with Crippen molar-refractivity contribution in [2.75, 3.05) is 0 Å². The van der Waals surface area contributed by atoms with E-state index in [9.17, 15) is 4.89 Å². The number of hydrogen-bond acceptors (Lipinski definition) is 3. The Bertz CT molecular complexity index is 574. The molecule has 0 spiro atoms. The van der Waals surface area contributed by atoms with Crippen molar-refractivity contribution >= 4 is 8.60 Å². The molecule has 0 amide bonds. The van der Waals surface area contributed by atoms with Crippen LogP contribution in [0.25, 0.3) is 0 Å². The van der Waals surface area contributed by atoms with E-state index in [2.05, 4.69) is 13.0 Å². The van der Waals surface area contributed by atoms with Gasteiger partial charge in [0.15, 0.2) is 0 Å². The summed E-state index contributed by atoms with van der Waals surface area (Å²) in [6.07, 6.45) is 8.57. The highest BCUT2D eigenvalue weighted by atomic mass is 31.2. The second-order valence-electron chi connectivity index (χ2n) is 5.86. The molecule has 0 aliphatic carbocycles. The van der Waals surface area contributed by atoms with Crippen LogP contribution in [0.2, 0.25) is 0 Å². The van der Waals surface area contributed by atoms with Gasteiger partial charge < -0.3 is 13.9 Å². The van der Waals surface area contributed by atoms with Gasteiger partial charge in [-0.05, 0) is 36.6 Å². The lowest BCUT2D eigenvalue weighted by molar-refractivity contribution is 0.379. The number of aryl methyl sites for hydroxylation is 1. The zero-order chi connectivity index (χ0) is 17.0. The van der Waals surface area contributed by atoms with Gasteiger partial charge in [-0.15, -0.1) is 0 Å². The van der Waals surface area contributed by atoms with Gasteiger partial charge in [-0.2, -0.15) is 0 Å². The number of hydrogen-bond donors (Lipinski definition) is 1. The smallest absolute Gasteiger partial charge is 0.418 e. The van der Waals surface area contributed by atoms with Gasteiger partial charge in [0.1, 0.15) is 11.5 Å². The molecule has 0 fully saturated rings. The van der Waals surface area contributed by atoms with Crippen LogP contribution in [0.4, 0.5) is 0 Å². The highest BCUT2D eigenvalue weighted by Gasteiger charge is 2.13. The van der Waals surface area contributed by atoms with Crippen LogP contribution in [0, 0.1) is 0 Å². The molecule has 2 aromatic rings. The molecule has 0 saturated heterocycles. The minimum atomic E-state index is -1.98. The minimum absolute atomic E-state index is 0.611. The summed E-state index contributed by atoms with van der Waals surface area (Å²) in [4.78, 5) is 10.1. The molecule has 0 aromatic heterocycles. The number of benzene rings is 2. The van der Waals surface area contributed by atoms with Crippen LogP contribution in [0.15, 0.2) is 54.6 Å². The summed E-state index contributed by atoms with van der Waals surface area (Å²) >= 11 is 0. The quantitative estimate of drug-likeness (QED) is 0.385. The van der Waals surface area contributed by atoms with E-state index in [4.69, 9.17) is 9.05 Å². The highest BCUT2D eigenvalue weighted by Crippen LogP contribution is 2.38. The van der Waals surface area contributed by atoms with Gasteiger partial charge in [0, 0.05) is 0 Å². The predicted octanol–water partition coefficient (Wildman–Crippen LogP) is 6.27. The fourth-order valence-electron chi connectivity index (χ4n) is 2.57. The Morgan fingerprint density at radius 3 is 2.25 bits per heavy atom. The van der Waals surface area contributed by atoms with E-state index in [-0.39, 0.29) is 0 Å². The second kappa shape index (κ2) is 11.1. The van der Waals surface area contributed by atoms with E-state index >= 15 is 0 Å². The summed E-state index contributed by atoms with van der Waals surface area (Å²) in [6.45, 7) is 2.23. The third-order valence-corrected chi connectivity index (χ3v) is 4.60. The lowest BCUT2D eigenvalue weighted by Gasteiger charge is -2.15. The predicted molar refractivity (Wildman–Crippen MR) is 100 cm³/mol. The minimum Gasteiger partial charge on any atom is -0.418 e. The molecule has 4 heteroatoms. The average molecular weight is 346 g/mol. The van der Waals surface area contributed by atoms with E-state index in [0.29, 0.717) is 5.75 Å². The topological polar surface area (TPSA) is 38.7 Å². The van der Waals surface area contributed by atoms with Gasteiger partial charge in [0.2, 0.25) is 0 Å². The van der Waals surface area contributed by atoms with Gasteiger partial charge in [0.05, 0.1) is 0 Å². The van der Waals surface area contributed by atoms with Crippen LogP contribution in [-0.4, -0.2) is 4.89 Å². The van der Waals surface area contributed by atoms with E-state index in [1.165, 1.54) is 32.1 Å². The van der Waals surface area contributed by atoms with Gasteiger partial charge >= 0.3 is 8.60 Å². The fourth-order valence-corrected chi connectivity index (χ4v) is 3.26. The number of unbranched alkanes of at least 4 members (excludes halogenated alkanes) is 5. The molecule has 3 nitrogen and oxygen atoms in total. The van der Waals surface area contributed by atoms with Gasteiger partial charge in [-0.25, -0.2) is 0 Å². The van der Waals surface area contributed by atoms with E-state index in [1.54, 1.807) is 12.1 Å². The van der Waals surface area contributed by atoms with Crippen molar-refractivity contribution in [1.29, 1.82) is 0 Å². The third kappa shape index (κ3) is 6.90. The maximum absolute atomic E-state index is 10.1. The number of rotatable bonds is 11. The molecule has 0 radical (unpaired) electrons. The van der Waals surface area contributed by atoms with Crippen LogP contribution < -0.4 is 9.05 Å². The fraction of sp³-hybridized carbons (Fsp3) is 0.400. The first-order chi connectivity index (χ1) is 11.8. The molecule has 0 bridgehead atoms. The first kappa shape index (κ1) is 18.8. The molecule has 0 aliphatic rings. The molecule has 130 valence electrons. The van der Waals surface area contributed by atoms with Crippen molar-refractivity contribution in [1.82, 2.24) is 0 Å². The molecule has 0 heterocycles. The molecule has 2 aromatic carbocycles. The standard InChI is InChI=1S/C20H27O3P/c1-2-3-4-5-6-8-13-18-14-11-12-17-20(18)23-24(21)22-19-15-9-7-10-16-19/h7,9-12,14-17,21H,2-6,8,13H2,1H3. The van der Waals surface area contributed by atoms with Crippen molar-refractivity contribution in [3.8, 4) is 11.5 Å². The average Bonchev–Trinajstić information content (AvgIpc) is 2.60. The van der Waals surface area contributed by atoms with E-state index < -0.39 is 8.60 Å². The Labute approximate surface area is 146 Å². The van der Waals surface area contributed by atoms with Crippen molar-refractivity contribution in [2.45, 2.75) is 51.9 Å². The van der Waals surface area contributed by atoms with Crippen LogP contribution in [-0.2, 0) is 6.42 Å². The normalized spacial score (nSPS) is 11.9. The van der Waals surface area contributed by atoms with E-state index in [1.807, 2.05) is 36.4 Å². The number of para-hydroxylation sites is 2. The lowest BCUT2D eigenvalue weighted by atomic mass is 10.0. The van der Waals surface area contributed by atoms with Crippen molar-refractivity contribution in [3.05, 3.63) is 60.2 Å². The first-order valence-electron chi connectivity index (χ1n) is 8.77. The molecule has 1 unspecified atom stereocenters. The first-order valence-corrected chi connectivity index (χ1v) is 9.90. The maximum atomic E-state index is 10.1. The zero-order valence-electron chi connectivity index (χ0n) is 14.4. The van der Waals surface area contributed by atoms with Gasteiger partial charge in [0.25, 0.3) is 0 Å². The van der Waals surface area contributed by atoms with Crippen molar-refractivity contribution in [3.63, 3.8) is 0 Å². The molecule has 0 saturated carbocycles. The summed E-state index contributed by atoms with van der Waals surface area (Å²) in [6, 6.07) is 17.1. The van der Waals surface area contributed by atoms with Gasteiger partial charge in [-0.3, -0.25) is 0 Å². The van der Waals surface area contributed by atoms with Crippen LogP contribution in [0.1, 0.15) is 51.0 Å². The molecule has 1 N–H and O–H groups in total. The van der Waals surface area contributed by atoms with Gasteiger partial charge in [-0.1, -0.05) is 75.4 Å².